The molecule has 0 aromatic rings. The molecule has 0 radical (unpaired) electrons. The largest absolute Gasteiger partial charge is 0.337 e. The molecule has 0 aromatic heterocycles. The van der Waals surface area contributed by atoms with Crippen LogP contribution in [0.5, 0.6) is 0 Å². The highest BCUT2D eigenvalue weighted by molar-refractivity contribution is 7.99. The zero-order chi connectivity index (χ0) is 15.0. The van der Waals surface area contributed by atoms with Crippen molar-refractivity contribution in [2.24, 2.45) is 5.73 Å². The van der Waals surface area contributed by atoms with Gasteiger partial charge in [0.05, 0.1) is 5.75 Å². The third-order valence-corrected chi connectivity index (χ3v) is 5.07. The highest BCUT2D eigenvalue weighted by Gasteiger charge is 2.28. The molecule has 1 aliphatic heterocycles. The summed E-state index contributed by atoms with van der Waals surface area (Å²) in [4.78, 5) is 16.8. The first-order chi connectivity index (χ1) is 9.60. The number of thioether (sulfide) groups is 1. The van der Waals surface area contributed by atoms with Gasteiger partial charge >= 0.3 is 0 Å². The van der Waals surface area contributed by atoms with E-state index in [9.17, 15) is 4.79 Å². The van der Waals surface area contributed by atoms with E-state index in [-0.39, 0.29) is 18.0 Å². The summed E-state index contributed by atoms with van der Waals surface area (Å²) in [5.41, 5.74) is 6.02. The Bertz CT molecular complexity index is 282. The van der Waals surface area contributed by atoms with Crippen molar-refractivity contribution < 1.29 is 4.79 Å². The lowest BCUT2D eigenvalue weighted by molar-refractivity contribution is -0.132. The highest BCUT2D eigenvalue weighted by Crippen LogP contribution is 2.20. The fourth-order valence-electron chi connectivity index (χ4n) is 2.79. The molecule has 0 saturated carbocycles. The van der Waals surface area contributed by atoms with E-state index < -0.39 is 0 Å². The maximum absolute atomic E-state index is 12.3. The molecule has 1 aliphatic rings. The van der Waals surface area contributed by atoms with Crippen molar-refractivity contribution in [3.63, 3.8) is 0 Å². The van der Waals surface area contributed by atoms with E-state index in [0.717, 1.165) is 44.8 Å². The van der Waals surface area contributed by atoms with Gasteiger partial charge in [-0.1, -0.05) is 13.8 Å². The topological polar surface area (TPSA) is 49.6 Å². The van der Waals surface area contributed by atoms with Crippen LogP contribution in [0, 0.1) is 0 Å². The number of rotatable bonds is 8. The molecule has 1 fully saturated rings. The van der Waals surface area contributed by atoms with Gasteiger partial charge in [-0.15, -0.1) is 0 Å². The molecule has 5 heteroatoms. The van der Waals surface area contributed by atoms with Crippen molar-refractivity contribution in [3.8, 4) is 0 Å². The fourth-order valence-corrected chi connectivity index (χ4v) is 3.66. The number of amides is 1. The third kappa shape index (κ3) is 5.62. The van der Waals surface area contributed by atoms with E-state index in [1.165, 1.54) is 6.42 Å². The Morgan fingerprint density at radius 2 is 2.10 bits per heavy atom. The van der Waals surface area contributed by atoms with Gasteiger partial charge < -0.3 is 15.5 Å². The third-order valence-electron chi connectivity index (χ3n) is 4.15. The lowest BCUT2D eigenvalue weighted by atomic mass is 9.97. The van der Waals surface area contributed by atoms with Crippen LogP contribution in [-0.2, 0) is 4.79 Å². The number of piperidine rings is 1. The molecule has 1 saturated heterocycles. The Morgan fingerprint density at radius 1 is 1.40 bits per heavy atom. The summed E-state index contributed by atoms with van der Waals surface area (Å²) in [5, 5.41) is 0. The van der Waals surface area contributed by atoms with Crippen LogP contribution in [0.4, 0.5) is 0 Å². The predicted octanol–water partition coefficient (Wildman–Crippen LogP) is 1.79. The SMILES string of the molecule is CCN(CC)CCSCC(=O)N1CCCCC1C(C)N. The minimum Gasteiger partial charge on any atom is -0.337 e. The molecule has 0 aromatic carbocycles. The van der Waals surface area contributed by atoms with Gasteiger partial charge in [-0.2, -0.15) is 11.8 Å². The van der Waals surface area contributed by atoms with Gasteiger partial charge in [0.15, 0.2) is 0 Å². The van der Waals surface area contributed by atoms with Crippen LogP contribution in [0.1, 0.15) is 40.0 Å². The molecule has 1 amide bonds. The van der Waals surface area contributed by atoms with Gasteiger partial charge in [0, 0.05) is 30.9 Å². The van der Waals surface area contributed by atoms with Crippen LogP contribution in [0.25, 0.3) is 0 Å². The van der Waals surface area contributed by atoms with Gasteiger partial charge in [0.25, 0.3) is 0 Å². The quantitative estimate of drug-likeness (QED) is 0.695. The lowest BCUT2D eigenvalue weighted by Crippen LogP contribution is -2.52. The van der Waals surface area contributed by atoms with E-state index in [1.807, 2.05) is 11.8 Å². The number of carbonyl (C=O) groups is 1. The van der Waals surface area contributed by atoms with E-state index in [2.05, 4.69) is 18.7 Å². The Balaban J connectivity index is 2.30. The van der Waals surface area contributed by atoms with Gasteiger partial charge in [-0.05, 0) is 39.3 Å². The number of nitrogens with two attached hydrogens (primary N) is 1. The highest BCUT2D eigenvalue weighted by atomic mass is 32.2. The smallest absolute Gasteiger partial charge is 0.232 e. The summed E-state index contributed by atoms with van der Waals surface area (Å²) in [6.07, 6.45) is 3.39. The predicted molar refractivity (Wildman–Crippen MR) is 88.1 cm³/mol. The average Bonchev–Trinajstić information content (AvgIpc) is 2.47. The fraction of sp³-hybridized carbons (Fsp3) is 0.933. The molecule has 1 heterocycles. The molecular weight excluding hydrogens is 270 g/mol. The van der Waals surface area contributed by atoms with Gasteiger partial charge in [0.2, 0.25) is 5.91 Å². The van der Waals surface area contributed by atoms with Crippen LogP contribution < -0.4 is 5.73 Å². The molecular formula is C15H31N3OS. The lowest BCUT2D eigenvalue weighted by Gasteiger charge is -2.38. The van der Waals surface area contributed by atoms with Crippen LogP contribution in [-0.4, -0.2) is 65.5 Å². The maximum Gasteiger partial charge on any atom is 0.232 e. The summed E-state index contributed by atoms with van der Waals surface area (Å²) < 4.78 is 0. The summed E-state index contributed by atoms with van der Waals surface area (Å²) in [5.74, 6) is 1.91. The van der Waals surface area contributed by atoms with Crippen LogP contribution in [0.15, 0.2) is 0 Å². The van der Waals surface area contributed by atoms with Crippen LogP contribution >= 0.6 is 11.8 Å². The molecule has 0 spiro atoms. The van der Waals surface area contributed by atoms with Gasteiger partial charge in [0.1, 0.15) is 0 Å². The molecule has 1 rings (SSSR count). The first-order valence-electron chi connectivity index (χ1n) is 7.95. The number of nitrogens with zero attached hydrogens (tertiary/aromatic N) is 2. The zero-order valence-electron chi connectivity index (χ0n) is 13.3. The summed E-state index contributed by atoms with van der Waals surface area (Å²) >= 11 is 1.75. The van der Waals surface area contributed by atoms with E-state index in [4.69, 9.17) is 5.73 Å². The van der Waals surface area contributed by atoms with Gasteiger partial charge in [-0.3, -0.25) is 4.79 Å². The summed E-state index contributed by atoms with van der Waals surface area (Å²) in [7, 11) is 0. The van der Waals surface area contributed by atoms with E-state index >= 15 is 0 Å². The molecule has 118 valence electrons. The maximum atomic E-state index is 12.3. The molecule has 2 atom stereocenters. The zero-order valence-corrected chi connectivity index (χ0v) is 14.1. The van der Waals surface area contributed by atoms with Crippen molar-refractivity contribution in [2.75, 3.05) is 37.7 Å². The summed E-state index contributed by atoms with van der Waals surface area (Å²) in [6.45, 7) is 10.5. The van der Waals surface area contributed by atoms with E-state index in [1.54, 1.807) is 11.8 Å². The Kier molecular flexibility index (Phi) is 8.57. The second-order valence-corrected chi connectivity index (χ2v) is 6.69. The second kappa shape index (κ2) is 9.64. The normalized spacial score (nSPS) is 21.2. The standard InChI is InChI=1S/C15H31N3OS/c1-4-17(5-2)10-11-20-12-15(19)18-9-7-6-8-14(18)13(3)16/h13-14H,4-12,16H2,1-3H3. The molecule has 2 unspecified atom stereocenters. The molecule has 20 heavy (non-hydrogen) atoms. The molecule has 2 N–H and O–H groups in total. The first-order valence-corrected chi connectivity index (χ1v) is 9.10. The van der Waals surface area contributed by atoms with Crippen molar-refractivity contribution in [3.05, 3.63) is 0 Å². The monoisotopic (exact) mass is 301 g/mol. The number of likely N-dealkylation sites (tertiary alicyclic amines) is 1. The molecule has 0 bridgehead atoms. The number of hydrogen-bond acceptors (Lipinski definition) is 4. The average molecular weight is 302 g/mol. The number of hydrogen-bond donors (Lipinski definition) is 1. The van der Waals surface area contributed by atoms with Crippen molar-refractivity contribution in [1.82, 2.24) is 9.80 Å². The second-order valence-electron chi connectivity index (χ2n) is 5.59. The minimum absolute atomic E-state index is 0.0833. The van der Waals surface area contributed by atoms with Crippen molar-refractivity contribution in [2.45, 2.75) is 52.1 Å². The Labute approximate surface area is 128 Å². The Morgan fingerprint density at radius 3 is 2.70 bits per heavy atom. The number of carbonyl (C=O) groups excluding carboxylic acids is 1. The van der Waals surface area contributed by atoms with Crippen LogP contribution in [0.3, 0.4) is 0 Å². The van der Waals surface area contributed by atoms with Crippen molar-refractivity contribution in [1.29, 1.82) is 0 Å². The minimum atomic E-state index is 0.0833. The molecule has 4 nitrogen and oxygen atoms in total. The first kappa shape index (κ1) is 17.8. The van der Waals surface area contributed by atoms with E-state index in [0.29, 0.717) is 5.75 Å². The molecule has 0 aliphatic carbocycles. The summed E-state index contributed by atoms with van der Waals surface area (Å²) in [6, 6.07) is 0.333. The van der Waals surface area contributed by atoms with Gasteiger partial charge in [-0.25, -0.2) is 0 Å². The van der Waals surface area contributed by atoms with Crippen molar-refractivity contribution >= 4 is 17.7 Å². The Hall–Kier alpha value is -0.260. The van der Waals surface area contributed by atoms with Crippen LogP contribution in [0.2, 0.25) is 0 Å².